The zero-order chi connectivity index (χ0) is 19.2. The van der Waals surface area contributed by atoms with E-state index in [1.807, 2.05) is 24.3 Å². The molecule has 4 nitrogen and oxygen atoms in total. The normalized spacial score (nSPS) is 21.9. The van der Waals surface area contributed by atoms with Crippen LogP contribution in [0.4, 0.5) is 4.79 Å². The standard InChI is InChI=1S/C20H18Cl3NO3/c21-20(22,23)19(26)9-10-24(12-19)18(25)27-11-17-15-7-3-1-5-13(15)14-6-2-4-8-16(14)17/h1-8,17,26H,9-12H2. The number of carbonyl (C=O) groups is 1. The molecule has 1 fully saturated rings. The molecule has 2 aliphatic rings. The highest BCUT2D eigenvalue weighted by molar-refractivity contribution is 6.68. The van der Waals surface area contributed by atoms with Gasteiger partial charge in [0.05, 0.1) is 6.54 Å². The van der Waals surface area contributed by atoms with E-state index in [9.17, 15) is 9.90 Å². The number of aliphatic hydroxyl groups is 1. The first-order valence-electron chi connectivity index (χ1n) is 8.69. The quantitative estimate of drug-likeness (QED) is 0.706. The second-order valence-electron chi connectivity index (χ2n) is 7.00. The maximum atomic E-state index is 12.5. The van der Waals surface area contributed by atoms with Crippen LogP contribution in [0.1, 0.15) is 23.5 Å². The van der Waals surface area contributed by atoms with Gasteiger partial charge in [-0.25, -0.2) is 4.79 Å². The third kappa shape index (κ3) is 3.29. The molecule has 2 aromatic carbocycles. The highest BCUT2D eigenvalue weighted by Crippen LogP contribution is 2.45. The summed E-state index contributed by atoms with van der Waals surface area (Å²) < 4.78 is 3.72. The number of benzene rings is 2. The molecule has 1 aliphatic carbocycles. The molecule has 142 valence electrons. The van der Waals surface area contributed by atoms with Gasteiger partial charge in [-0.3, -0.25) is 0 Å². The Morgan fingerprint density at radius 2 is 1.67 bits per heavy atom. The van der Waals surface area contributed by atoms with Crippen molar-refractivity contribution in [2.24, 2.45) is 0 Å². The number of hydrogen-bond donors (Lipinski definition) is 1. The number of amides is 1. The van der Waals surface area contributed by atoms with Crippen molar-refractivity contribution in [3.8, 4) is 11.1 Å². The first kappa shape index (κ1) is 18.9. The number of ether oxygens (including phenoxy) is 1. The Morgan fingerprint density at radius 1 is 1.11 bits per heavy atom. The van der Waals surface area contributed by atoms with E-state index in [4.69, 9.17) is 39.5 Å². The number of nitrogens with zero attached hydrogens (tertiary/aromatic N) is 1. The van der Waals surface area contributed by atoms with Gasteiger partial charge in [0.15, 0.2) is 0 Å². The highest BCUT2D eigenvalue weighted by Gasteiger charge is 2.52. The molecule has 0 radical (unpaired) electrons. The number of rotatable bonds is 2. The maximum Gasteiger partial charge on any atom is 0.409 e. The van der Waals surface area contributed by atoms with Crippen molar-refractivity contribution in [1.29, 1.82) is 0 Å². The van der Waals surface area contributed by atoms with Crippen LogP contribution in [0.5, 0.6) is 0 Å². The molecule has 1 heterocycles. The van der Waals surface area contributed by atoms with Crippen LogP contribution < -0.4 is 0 Å². The molecule has 0 saturated carbocycles. The Morgan fingerprint density at radius 3 is 2.19 bits per heavy atom. The van der Waals surface area contributed by atoms with Crippen LogP contribution in [0, 0.1) is 0 Å². The van der Waals surface area contributed by atoms with E-state index in [0.717, 1.165) is 11.1 Å². The first-order chi connectivity index (χ1) is 12.8. The molecule has 1 atom stereocenters. The van der Waals surface area contributed by atoms with Gasteiger partial charge in [0.1, 0.15) is 12.2 Å². The van der Waals surface area contributed by atoms with Gasteiger partial charge in [0.2, 0.25) is 3.79 Å². The lowest BCUT2D eigenvalue weighted by Crippen LogP contribution is -2.46. The van der Waals surface area contributed by atoms with Gasteiger partial charge in [0.25, 0.3) is 0 Å². The summed E-state index contributed by atoms with van der Waals surface area (Å²) in [6.45, 7) is 0.427. The molecule has 7 heteroatoms. The smallest absolute Gasteiger partial charge is 0.409 e. The van der Waals surface area contributed by atoms with E-state index in [-0.39, 0.29) is 32.0 Å². The van der Waals surface area contributed by atoms with Gasteiger partial charge in [-0.05, 0) is 28.7 Å². The molecule has 0 spiro atoms. The molecule has 1 amide bonds. The molecule has 1 N–H and O–H groups in total. The molecule has 4 rings (SSSR count). The average molecular weight is 427 g/mol. The van der Waals surface area contributed by atoms with E-state index >= 15 is 0 Å². The zero-order valence-corrected chi connectivity index (χ0v) is 16.6. The molecule has 1 saturated heterocycles. The third-order valence-corrected chi connectivity index (χ3v) is 6.42. The molecule has 2 aromatic rings. The summed E-state index contributed by atoms with van der Waals surface area (Å²) in [6.07, 6.45) is -0.324. The predicted octanol–water partition coefficient (Wildman–Crippen LogP) is 4.74. The van der Waals surface area contributed by atoms with Crippen molar-refractivity contribution >= 4 is 40.9 Å². The molecule has 1 aliphatic heterocycles. The Hall–Kier alpha value is -1.46. The fourth-order valence-electron chi connectivity index (χ4n) is 3.87. The minimum absolute atomic E-state index is 0.0176. The van der Waals surface area contributed by atoms with Crippen molar-refractivity contribution in [3.05, 3.63) is 59.7 Å². The summed E-state index contributed by atoms with van der Waals surface area (Å²) in [5, 5.41) is 10.4. The monoisotopic (exact) mass is 425 g/mol. The highest BCUT2D eigenvalue weighted by atomic mass is 35.6. The number of likely N-dealkylation sites (tertiary alicyclic amines) is 1. The van der Waals surface area contributed by atoms with Gasteiger partial charge < -0.3 is 14.7 Å². The topological polar surface area (TPSA) is 49.8 Å². The number of alkyl halides is 3. The van der Waals surface area contributed by atoms with E-state index in [1.165, 1.54) is 16.0 Å². The van der Waals surface area contributed by atoms with Crippen LogP contribution in [0.3, 0.4) is 0 Å². The van der Waals surface area contributed by atoms with Crippen LogP contribution in [0.25, 0.3) is 11.1 Å². The van der Waals surface area contributed by atoms with Crippen molar-refractivity contribution in [3.63, 3.8) is 0 Å². The minimum atomic E-state index is -1.86. The second kappa shape index (κ2) is 6.85. The van der Waals surface area contributed by atoms with Crippen LogP contribution in [0.2, 0.25) is 0 Å². The van der Waals surface area contributed by atoms with Crippen molar-refractivity contribution in [1.82, 2.24) is 4.90 Å². The lowest BCUT2D eigenvalue weighted by molar-refractivity contribution is 0.0474. The van der Waals surface area contributed by atoms with E-state index < -0.39 is 15.5 Å². The van der Waals surface area contributed by atoms with Gasteiger partial charge >= 0.3 is 6.09 Å². The van der Waals surface area contributed by atoms with Gasteiger partial charge in [-0.2, -0.15) is 0 Å². The van der Waals surface area contributed by atoms with Gasteiger partial charge in [-0.15, -0.1) is 0 Å². The van der Waals surface area contributed by atoms with Crippen LogP contribution in [-0.2, 0) is 4.74 Å². The van der Waals surface area contributed by atoms with E-state index in [0.29, 0.717) is 0 Å². The Balaban J connectivity index is 1.48. The number of halogens is 3. The van der Waals surface area contributed by atoms with Crippen molar-refractivity contribution in [2.45, 2.75) is 21.7 Å². The minimum Gasteiger partial charge on any atom is -0.448 e. The molecule has 27 heavy (non-hydrogen) atoms. The zero-order valence-electron chi connectivity index (χ0n) is 14.4. The molecular formula is C20H18Cl3NO3. The molecular weight excluding hydrogens is 409 g/mol. The fourth-order valence-corrected chi connectivity index (χ4v) is 4.33. The fraction of sp³-hybridized carbons (Fsp3) is 0.350. The number of fused-ring (bicyclic) bond motifs is 3. The van der Waals surface area contributed by atoms with E-state index in [2.05, 4.69) is 24.3 Å². The number of β-amino-alcohol motifs (C(OH)–C–C–N with tert-alkyl or cyclic N) is 1. The second-order valence-corrected chi connectivity index (χ2v) is 9.29. The van der Waals surface area contributed by atoms with Crippen LogP contribution in [-0.4, -0.2) is 45.2 Å². The molecule has 0 bridgehead atoms. The lowest BCUT2D eigenvalue weighted by atomic mass is 9.98. The van der Waals surface area contributed by atoms with Crippen molar-refractivity contribution < 1.29 is 14.6 Å². The Kier molecular flexibility index (Phi) is 4.79. The summed E-state index contributed by atoms with van der Waals surface area (Å²) in [4.78, 5) is 13.9. The summed E-state index contributed by atoms with van der Waals surface area (Å²) in [6, 6.07) is 16.3. The van der Waals surface area contributed by atoms with E-state index in [1.54, 1.807) is 0 Å². The Labute approximate surface area is 172 Å². The first-order valence-corrected chi connectivity index (χ1v) is 9.82. The SMILES string of the molecule is O=C(OCC1c2ccccc2-c2ccccc21)N1CCC(O)(C(Cl)(Cl)Cl)C1. The summed E-state index contributed by atoms with van der Waals surface area (Å²) >= 11 is 17.5. The van der Waals surface area contributed by atoms with Gasteiger partial charge in [0, 0.05) is 12.5 Å². The van der Waals surface area contributed by atoms with Crippen molar-refractivity contribution in [2.75, 3.05) is 19.7 Å². The summed E-state index contributed by atoms with van der Waals surface area (Å²) in [5.74, 6) is -0.0176. The Bertz CT molecular complexity index is 837. The molecule has 1 unspecified atom stereocenters. The number of carbonyl (C=O) groups excluding carboxylic acids is 1. The third-order valence-electron chi connectivity index (χ3n) is 5.37. The average Bonchev–Trinajstić information content (AvgIpc) is 3.19. The predicted molar refractivity (Wildman–Crippen MR) is 106 cm³/mol. The van der Waals surface area contributed by atoms with Gasteiger partial charge in [-0.1, -0.05) is 83.3 Å². The van der Waals surface area contributed by atoms with Crippen LogP contribution >= 0.6 is 34.8 Å². The molecule has 0 aromatic heterocycles. The number of hydrogen-bond acceptors (Lipinski definition) is 3. The summed E-state index contributed by atoms with van der Waals surface area (Å²) in [7, 11) is 0. The van der Waals surface area contributed by atoms with Crippen LogP contribution in [0.15, 0.2) is 48.5 Å². The summed E-state index contributed by atoms with van der Waals surface area (Å²) in [5.41, 5.74) is 3.06. The largest absolute Gasteiger partial charge is 0.448 e. The maximum absolute atomic E-state index is 12.5. The lowest BCUT2D eigenvalue weighted by Gasteiger charge is -2.30.